The topological polar surface area (TPSA) is 34.9 Å². The minimum atomic E-state index is -0.244. The van der Waals surface area contributed by atoms with Crippen LogP contribution in [0.15, 0.2) is 54.9 Å². The average Bonchev–Trinajstić information content (AvgIpc) is 3.14. The molecule has 0 amide bonds. The molecular weight excluding hydrogens is 299 g/mol. The van der Waals surface area contributed by atoms with Crippen molar-refractivity contribution in [1.29, 1.82) is 0 Å². The van der Waals surface area contributed by atoms with E-state index >= 15 is 0 Å². The van der Waals surface area contributed by atoms with Crippen LogP contribution in [0.4, 0.5) is 4.39 Å². The van der Waals surface area contributed by atoms with Crippen molar-refractivity contribution >= 4 is 23.2 Å². The Morgan fingerprint density at radius 1 is 1.27 bits per heavy atom. The van der Waals surface area contributed by atoms with Gasteiger partial charge in [-0.1, -0.05) is 18.2 Å². The quantitative estimate of drug-likeness (QED) is 0.535. The maximum Gasteiger partial charge on any atom is 0.189 e. The van der Waals surface area contributed by atoms with E-state index in [4.69, 9.17) is 0 Å². The Morgan fingerprint density at radius 2 is 2.09 bits per heavy atom. The Kier molecular flexibility index (Phi) is 3.98. The Balaban J connectivity index is 1.79. The van der Waals surface area contributed by atoms with Gasteiger partial charge in [0, 0.05) is 28.6 Å². The number of carbonyl (C=O) groups excluding carboxylic acids is 1. The van der Waals surface area contributed by atoms with Gasteiger partial charge in [-0.05, 0) is 30.4 Å². The van der Waals surface area contributed by atoms with E-state index in [1.165, 1.54) is 29.7 Å². The summed E-state index contributed by atoms with van der Waals surface area (Å²) in [6.07, 6.45) is 6.45. The van der Waals surface area contributed by atoms with Crippen LogP contribution in [0.5, 0.6) is 0 Å². The molecule has 2 heterocycles. The summed E-state index contributed by atoms with van der Waals surface area (Å²) >= 11 is 1.44. The fourth-order valence-electron chi connectivity index (χ4n) is 2.05. The molecule has 0 aliphatic carbocycles. The first-order valence-electron chi connectivity index (χ1n) is 6.69. The molecule has 3 nitrogen and oxygen atoms in total. The maximum absolute atomic E-state index is 13.7. The summed E-state index contributed by atoms with van der Waals surface area (Å²) in [6, 6.07) is 10.4. The van der Waals surface area contributed by atoms with Gasteiger partial charge in [-0.3, -0.25) is 9.48 Å². The van der Waals surface area contributed by atoms with E-state index in [-0.39, 0.29) is 11.6 Å². The lowest BCUT2D eigenvalue weighted by Crippen LogP contribution is -1.91. The minimum absolute atomic E-state index is 0.103. The van der Waals surface area contributed by atoms with Crippen LogP contribution in [-0.2, 0) is 7.05 Å². The lowest BCUT2D eigenvalue weighted by molar-refractivity contribution is 0.104. The SMILES string of the molecule is Cn1cc(C(=O)/C=C/c2ccc(-c3ccccc3F)s2)cn1. The number of allylic oxidation sites excluding steroid dienone is 1. The van der Waals surface area contributed by atoms with Gasteiger partial charge < -0.3 is 0 Å². The highest BCUT2D eigenvalue weighted by Crippen LogP contribution is 2.30. The molecule has 0 saturated heterocycles. The fourth-order valence-corrected chi connectivity index (χ4v) is 2.99. The van der Waals surface area contributed by atoms with E-state index < -0.39 is 0 Å². The van der Waals surface area contributed by atoms with E-state index in [9.17, 15) is 9.18 Å². The van der Waals surface area contributed by atoms with Crippen molar-refractivity contribution in [3.63, 3.8) is 0 Å². The maximum atomic E-state index is 13.7. The van der Waals surface area contributed by atoms with Crippen LogP contribution < -0.4 is 0 Å². The van der Waals surface area contributed by atoms with Gasteiger partial charge in [0.15, 0.2) is 5.78 Å². The smallest absolute Gasteiger partial charge is 0.189 e. The first kappa shape index (κ1) is 14.4. The summed E-state index contributed by atoms with van der Waals surface area (Å²) in [7, 11) is 1.76. The zero-order chi connectivity index (χ0) is 15.5. The molecule has 3 rings (SSSR count). The zero-order valence-corrected chi connectivity index (χ0v) is 12.7. The van der Waals surface area contributed by atoms with Crippen LogP contribution in [0.2, 0.25) is 0 Å². The molecule has 110 valence electrons. The van der Waals surface area contributed by atoms with Crippen LogP contribution in [0.3, 0.4) is 0 Å². The molecule has 0 N–H and O–H groups in total. The molecule has 0 atom stereocenters. The molecule has 1 aromatic carbocycles. The predicted octanol–water partition coefficient (Wildman–Crippen LogP) is 4.18. The Hall–Kier alpha value is -2.53. The third kappa shape index (κ3) is 3.04. The molecule has 3 aromatic rings. The fraction of sp³-hybridized carbons (Fsp3) is 0.0588. The summed E-state index contributed by atoms with van der Waals surface area (Å²) in [5.74, 6) is -0.347. The number of rotatable bonds is 4. The molecule has 0 fully saturated rings. The molecule has 0 aliphatic heterocycles. The molecule has 0 unspecified atom stereocenters. The number of hydrogen-bond acceptors (Lipinski definition) is 3. The first-order valence-corrected chi connectivity index (χ1v) is 7.51. The normalized spacial score (nSPS) is 11.2. The van der Waals surface area contributed by atoms with Gasteiger partial charge >= 0.3 is 0 Å². The van der Waals surface area contributed by atoms with Gasteiger partial charge in [0.05, 0.1) is 11.8 Å². The summed E-state index contributed by atoms with van der Waals surface area (Å²) < 4.78 is 15.3. The van der Waals surface area contributed by atoms with Crippen molar-refractivity contribution in [2.45, 2.75) is 0 Å². The summed E-state index contributed by atoms with van der Waals surface area (Å²) in [6.45, 7) is 0. The second-order valence-corrected chi connectivity index (χ2v) is 5.90. The summed E-state index contributed by atoms with van der Waals surface area (Å²) in [5.41, 5.74) is 1.12. The van der Waals surface area contributed by atoms with Crippen molar-refractivity contribution in [1.82, 2.24) is 9.78 Å². The van der Waals surface area contributed by atoms with E-state index in [0.29, 0.717) is 11.1 Å². The third-order valence-electron chi connectivity index (χ3n) is 3.15. The lowest BCUT2D eigenvalue weighted by Gasteiger charge is -1.97. The highest BCUT2D eigenvalue weighted by atomic mass is 32.1. The van der Waals surface area contributed by atoms with Gasteiger partial charge in [0.1, 0.15) is 5.82 Å². The van der Waals surface area contributed by atoms with Crippen LogP contribution >= 0.6 is 11.3 Å². The van der Waals surface area contributed by atoms with Gasteiger partial charge in [0.25, 0.3) is 0 Å². The first-order chi connectivity index (χ1) is 10.6. The molecule has 2 aromatic heterocycles. The highest BCUT2D eigenvalue weighted by Gasteiger charge is 2.07. The molecule has 0 aliphatic rings. The third-order valence-corrected chi connectivity index (χ3v) is 4.24. The molecule has 0 saturated carbocycles. The second kappa shape index (κ2) is 6.07. The molecule has 0 spiro atoms. The standard InChI is InChI=1S/C17H13FN2OS/c1-20-11-12(10-19-20)16(21)8-6-13-7-9-17(22-13)14-4-2-3-5-15(14)18/h2-11H,1H3/b8-6+. The number of ketones is 1. The average molecular weight is 312 g/mol. The van der Waals surface area contributed by atoms with Crippen molar-refractivity contribution in [2.24, 2.45) is 7.05 Å². The van der Waals surface area contributed by atoms with Gasteiger partial charge in [-0.2, -0.15) is 5.10 Å². The monoisotopic (exact) mass is 312 g/mol. The van der Waals surface area contributed by atoms with Crippen LogP contribution in [0.1, 0.15) is 15.2 Å². The summed E-state index contributed by atoms with van der Waals surface area (Å²) in [5, 5.41) is 3.97. The van der Waals surface area contributed by atoms with Crippen molar-refractivity contribution in [3.8, 4) is 10.4 Å². The molecule has 0 bridgehead atoms. The number of benzene rings is 1. The highest BCUT2D eigenvalue weighted by molar-refractivity contribution is 7.16. The Bertz CT molecular complexity index is 848. The molecule has 0 radical (unpaired) electrons. The number of halogens is 1. The largest absolute Gasteiger partial charge is 0.289 e. The Morgan fingerprint density at radius 3 is 2.82 bits per heavy atom. The molecule has 5 heteroatoms. The predicted molar refractivity (Wildman–Crippen MR) is 86.3 cm³/mol. The van der Waals surface area contributed by atoms with E-state index in [1.54, 1.807) is 42.2 Å². The molecular formula is C17H13FN2OS. The zero-order valence-electron chi connectivity index (χ0n) is 11.9. The lowest BCUT2D eigenvalue weighted by atomic mass is 10.2. The van der Waals surface area contributed by atoms with Crippen LogP contribution in [-0.4, -0.2) is 15.6 Å². The minimum Gasteiger partial charge on any atom is -0.289 e. The molecule has 22 heavy (non-hydrogen) atoms. The number of aromatic nitrogens is 2. The number of hydrogen-bond donors (Lipinski definition) is 0. The van der Waals surface area contributed by atoms with Crippen molar-refractivity contribution in [2.75, 3.05) is 0 Å². The van der Waals surface area contributed by atoms with Crippen molar-refractivity contribution < 1.29 is 9.18 Å². The van der Waals surface area contributed by atoms with Crippen LogP contribution in [0, 0.1) is 5.82 Å². The van der Waals surface area contributed by atoms with Crippen LogP contribution in [0.25, 0.3) is 16.5 Å². The number of thiophene rings is 1. The Labute approximate surface area is 131 Å². The summed E-state index contributed by atoms with van der Waals surface area (Å²) in [4.78, 5) is 13.7. The number of carbonyl (C=O) groups is 1. The van der Waals surface area contributed by atoms with Gasteiger partial charge in [-0.15, -0.1) is 11.3 Å². The number of nitrogens with zero attached hydrogens (tertiary/aromatic N) is 2. The van der Waals surface area contributed by atoms with E-state index in [1.807, 2.05) is 12.1 Å². The second-order valence-electron chi connectivity index (χ2n) is 4.78. The van der Waals surface area contributed by atoms with Gasteiger partial charge in [0.2, 0.25) is 0 Å². The number of aryl methyl sites for hydroxylation is 1. The van der Waals surface area contributed by atoms with E-state index in [2.05, 4.69) is 5.10 Å². The van der Waals surface area contributed by atoms with Crippen molar-refractivity contribution in [3.05, 3.63) is 71.1 Å². The van der Waals surface area contributed by atoms with E-state index in [0.717, 1.165) is 9.75 Å². The van der Waals surface area contributed by atoms with Gasteiger partial charge in [-0.25, -0.2) is 4.39 Å².